The molecule has 0 aliphatic carbocycles. The zero-order valence-corrected chi connectivity index (χ0v) is 17.0. The number of carbonyl (C=O) groups is 1. The number of amides is 1. The summed E-state index contributed by atoms with van der Waals surface area (Å²) in [5.74, 6) is 0.635. The van der Waals surface area contributed by atoms with Crippen molar-refractivity contribution >= 4 is 23.4 Å². The van der Waals surface area contributed by atoms with Gasteiger partial charge in [0.15, 0.2) is 11.0 Å². The SMILES string of the molecule is C=CCn1c(S[C@H](C)C(=O)Nc2c(C)cccc2C)nnc1-c1cccnc1. The molecule has 2 heterocycles. The molecular weight excluding hydrogens is 370 g/mol. The summed E-state index contributed by atoms with van der Waals surface area (Å²) in [5.41, 5.74) is 3.82. The van der Waals surface area contributed by atoms with Gasteiger partial charge in [0.05, 0.1) is 5.25 Å². The number of carbonyl (C=O) groups excluding carboxylic acids is 1. The van der Waals surface area contributed by atoms with Crippen molar-refractivity contribution < 1.29 is 4.79 Å². The molecule has 1 amide bonds. The van der Waals surface area contributed by atoms with Crippen LogP contribution in [0.2, 0.25) is 0 Å². The zero-order chi connectivity index (χ0) is 20.1. The van der Waals surface area contributed by atoms with E-state index in [-0.39, 0.29) is 11.2 Å². The van der Waals surface area contributed by atoms with Crippen molar-refractivity contribution in [2.45, 2.75) is 37.7 Å². The smallest absolute Gasteiger partial charge is 0.237 e. The number of allylic oxidation sites excluding steroid dienone is 1. The average Bonchev–Trinajstić information content (AvgIpc) is 3.08. The molecule has 28 heavy (non-hydrogen) atoms. The Morgan fingerprint density at radius 2 is 2.00 bits per heavy atom. The molecule has 0 saturated heterocycles. The van der Waals surface area contributed by atoms with Crippen molar-refractivity contribution in [3.63, 3.8) is 0 Å². The van der Waals surface area contributed by atoms with Gasteiger partial charge in [0.1, 0.15) is 0 Å². The molecule has 6 nitrogen and oxygen atoms in total. The highest BCUT2D eigenvalue weighted by Gasteiger charge is 2.21. The number of hydrogen-bond acceptors (Lipinski definition) is 5. The van der Waals surface area contributed by atoms with Crippen LogP contribution in [-0.2, 0) is 11.3 Å². The first-order chi connectivity index (χ1) is 13.5. The van der Waals surface area contributed by atoms with Crippen LogP contribution in [0.1, 0.15) is 18.1 Å². The fourth-order valence-electron chi connectivity index (χ4n) is 2.83. The van der Waals surface area contributed by atoms with Crippen LogP contribution in [-0.4, -0.2) is 30.9 Å². The van der Waals surface area contributed by atoms with Crippen molar-refractivity contribution in [3.05, 3.63) is 66.5 Å². The molecular formula is C21H23N5OS. The van der Waals surface area contributed by atoms with Crippen LogP contribution < -0.4 is 5.32 Å². The lowest BCUT2D eigenvalue weighted by Crippen LogP contribution is -2.24. The lowest BCUT2D eigenvalue weighted by molar-refractivity contribution is -0.115. The van der Waals surface area contributed by atoms with Crippen LogP contribution in [0.15, 0.2) is 60.5 Å². The number of anilines is 1. The van der Waals surface area contributed by atoms with Crippen LogP contribution in [0.25, 0.3) is 11.4 Å². The number of pyridine rings is 1. The normalized spacial score (nSPS) is 11.8. The third-order valence-electron chi connectivity index (χ3n) is 4.33. The molecule has 0 aliphatic heterocycles. The summed E-state index contributed by atoms with van der Waals surface area (Å²) >= 11 is 1.37. The molecule has 0 spiro atoms. The lowest BCUT2D eigenvalue weighted by Gasteiger charge is -2.15. The molecule has 0 aliphatic rings. The van der Waals surface area contributed by atoms with Crippen molar-refractivity contribution in [1.82, 2.24) is 19.7 Å². The van der Waals surface area contributed by atoms with E-state index in [1.165, 1.54) is 11.8 Å². The van der Waals surface area contributed by atoms with Crippen LogP contribution in [0.3, 0.4) is 0 Å². The lowest BCUT2D eigenvalue weighted by atomic mass is 10.1. The van der Waals surface area contributed by atoms with Gasteiger partial charge in [0, 0.05) is 30.2 Å². The van der Waals surface area contributed by atoms with E-state index >= 15 is 0 Å². The van der Waals surface area contributed by atoms with E-state index in [4.69, 9.17) is 0 Å². The molecule has 1 atom stereocenters. The molecule has 0 saturated carbocycles. The van der Waals surface area contributed by atoms with E-state index in [1.807, 2.05) is 55.7 Å². The Kier molecular flexibility index (Phi) is 6.26. The first-order valence-electron chi connectivity index (χ1n) is 8.99. The van der Waals surface area contributed by atoms with Crippen molar-refractivity contribution in [1.29, 1.82) is 0 Å². The van der Waals surface area contributed by atoms with E-state index in [9.17, 15) is 4.79 Å². The Morgan fingerprint density at radius 3 is 2.64 bits per heavy atom. The van der Waals surface area contributed by atoms with Crippen molar-refractivity contribution in [3.8, 4) is 11.4 Å². The number of nitrogens with zero attached hydrogens (tertiary/aromatic N) is 4. The number of rotatable bonds is 7. The van der Waals surface area contributed by atoms with Crippen LogP contribution >= 0.6 is 11.8 Å². The predicted molar refractivity (Wildman–Crippen MR) is 113 cm³/mol. The monoisotopic (exact) mass is 393 g/mol. The van der Waals surface area contributed by atoms with Crippen molar-refractivity contribution in [2.24, 2.45) is 0 Å². The summed E-state index contributed by atoms with van der Waals surface area (Å²) in [6, 6.07) is 9.75. The van der Waals surface area contributed by atoms with Gasteiger partial charge >= 0.3 is 0 Å². The highest BCUT2D eigenvalue weighted by molar-refractivity contribution is 8.00. The Morgan fingerprint density at radius 1 is 1.25 bits per heavy atom. The molecule has 1 aromatic carbocycles. The molecule has 0 bridgehead atoms. The number of nitrogens with one attached hydrogen (secondary N) is 1. The summed E-state index contributed by atoms with van der Waals surface area (Å²) in [4.78, 5) is 16.9. The molecule has 2 aromatic heterocycles. The second kappa shape index (κ2) is 8.84. The maximum absolute atomic E-state index is 12.7. The molecule has 3 rings (SSSR count). The Hall–Kier alpha value is -2.93. The average molecular weight is 394 g/mol. The number of aromatic nitrogens is 4. The Balaban J connectivity index is 1.80. The topological polar surface area (TPSA) is 72.7 Å². The van der Waals surface area contributed by atoms with Gasteiger partial charge in [-0.15, -0.1) is 16.8 Å². The minimum Gasteiger partial charge on any atom is -0.325 e. The van der Waals surface area contributed by atoms with Crippen molar-refractivity contribution in [2.75, 3.05) is 5.32 Å². The van der Waals surface area contributed by atoms with E-state index in [0.717, 1.165) is 22.4 Å². The van der Waals surface area contributed by atoms with Crippen LogP contribution in [0, 0.1) is 13.8 Å². The van der Waals surface area contributed by atoms with Crippen LogP contribution in [0.5, 0.6) is 0 Å². The molecule has 144 valence electrons. The molecule has 0 fully saturated rings. The van der Waals surface area contributed by atoms with Gasteiger partial charge in [0.25, 0.3) is 0 Å². The number of aryl methyl sites for hydroxylation is 2. The quantitative estimate of drug-likeness (QED) is 0.480. The first-order valence-corrected chi connectivity index (χ1v) is 9.87. The summed E-state index contributed by atoms with van der Waals surface area (Å²) in [7, 11) is 0. The van der Waals surface area contributed by atoms with Gasteiger partial charge in [0.2, 0.25) is 5.91 Å². The summed E-state index contributed by atoms with van der Waals surface area (Å²) in [6.07, 6.45) is 5.25. The fourth-order valence-corrected chi connectivity index (χ4v) is 3.68. The summed E-state index contributed by atoms with van der Waals surface area (Å²) < 4.78 is 1.94. The minimum absolute atomic E-state index is 0.0709. The molecule has 1 N–H and O–H groups in total. The maximum Gasteiger partial charge on any atom is 0.237 e. The number of para-hydroxylation sites is 1. The molecule has 7 heteroatoms. The standard InChI is InChI=1S/C21H23N5OS/c1-5-12-26-19(17-10-7-11-22-13-17)24-25-21(26)28-16(4)20(27)23-18-14(2)8-6-9-15(18)3/h5-11,13,16H,1,12H2,2-4H3,(H,23,27)/t16-/m1/s1. The first kappa shape index (κ1) is 19.8. The highest BCUT2D eigenvalue weighted by atomic mass is 32.2. The Labute approximate surface area is 169 Å². The van der Waals surface area contributed by atoms with Gasteiger partial charge in [-0.25, -0.2) is 0 Å². The van der Waals surface area contributed by atoms with Gasteiger partial charge in [-0.3, -0.25) is 14.3 Å². The largest absolute Gasteiger partial charge is 0.325 e. The second-order valence-corrected chi connectivity index (χ2v) is 7.77. The van der Waals surface area contributed by atoms with Gasteiger partial charge in [-0.05, 0) is 44.0 Å². The third-order valence-corrected chi connectivity index (χ3v) is 5.41. The van der Waals surface area contributed by atoms with E-state index in [1.54, 1.807) is 18.5 Å². The van der Waals surface area contributed by atoms with E-state index in [2.05, 4.69) is 27.1 Å². The van der Waals surface area contributed by atoms with Gasteiger partial charge in [-0.1, -0.05) is 36.0 Å². The summed E-state index contributed by atoms with van der Waals surface area (Å²) in [5, 5.41) is 12.0. The predicted octanol–water partition coefficient (Wildman–Crippen LogP) is 4.26. The van der Waals surface area contributed by atoms with E-state index in [0.29, 0.717) is 17.5 Å². The second-order valence-electron chi connectivity index (χ2n) is 6.46. The number of hydrogen-bond donors (Lipinski definition) is 1. The highest BCUT2D eigenvalue weighted by Crippen LogP contribution is 2.28. The third kappa shape index (κ3) is 4.31. The Bertz CT molecular complexity index is 963. The van der Waals surface area contributed by atoms with Gasteiger partial charge in [-0.2, -0.15) is 0 Å². The van der Waals surface area contributed by atoms with Crippen LogP contribution in [0.4, 0.5) is 5.69 Å². The maximum atomic E-state index is 12.7. The van der Waals surface area contributed by atoms with Gasteiger partial charge < -0.3 is 5.32 Å². The fraction of sp³-hybridized carbons (Fsp3) is 0.238. The molecule has 0 radical (unpaired) electrons. The zero-order valence-electron chi connectivity index (χ0n) is 16.2. The number of benzene rings is 1. The number of thioether (sulfide) groups is 1. The molecule has 3 aromatic rings. The van der Waals surface area contributed by atoms with E-state index < -0.39 is 0 Å². The molecule has 0 unspecified atom stereocenters. The minimum atomic E-state index is -0.339. The summed E-state index contributed by atoms with van der Waals surface area (Å²) in [6.45, 7) is 10.2.